The molecule has 1 aromatic carbocycles. The maximum atomic E-state index is 12.9. The van der Waals surface area contributed by atoms with E-state index in [9.17, 15) is 9.59 Å². The summed E-state index contributed by atoms with van der Waals surface area (Å²) in [6, 6.07) is 7.30. The van der Waals surface area contributed by atoms with Crippen molar-refractivity contribution in [3.8, 4) is 5.75 Å². The number of carbonyl (C=O) groups is 2. The van der Waals surface area contributed by atoms with Crippen LogP contribution in [0.1, 0.15) is 29.0 Å². The van der Waals surface area contributed by atoms with E-state index in [2.05, 4.69) is 4.98 Å². The van der Waals surface area contributed by atoms with E-state index in [1.807, 2.05) is 39.6 Å². The van der Waals surface area contributed by atoms with Crippen LogP contribution in [0.15, 0.2) is 36.7 Å². The molecule has 1 aliphatic rings. The fraction of sp³-hybridized carbons (Fsp3) is 0.500. The summed E-state index contributed by atoms with van der Waals surface area (Å²) in [6.07, 6.45) is 5.17. The maximum absolute atomic E-state index is 12.9. The van der Waals surface area contributed by atoms with E-state index in [1.165, 1.54) is 7.11 Å². The summed E-state index contributed by atoms with van der Waals surface area (Å²) in [5.74, 6) is 1.57. The smallest absolute Gasteiger partial charge is 0.253 e. The number of aromatic nitrogens is 2. The average Bonchev–Trinajstić information content (AvgIpc) is 3.18. The first-order chi connectivity index (χ1) is 14.5. The van der Waals surface area contributed by atoms with Gasteiger partial charge in [-0.25, -0.2) is 4.98 Å². The van der Waals surface area contributed by atoms with E-state index in [4.69, 9.17) is 9.47 Å². The summed E-state index contributed by atoms with van der Waals surface area (Å²) in [4.78, 5) is 33.5. The fourth-order valence-corrected chi connectivity index (χ4v) is 3.89. The van der Waals surface area contributed by atoms with Crippen molar-refractivity contribution in [2.24, 2.45) is 0 Å². The number of benzene rings is 1. The van der Waals surface area contributed by atoms with Crippen molar-refractivity contribution in [2.75, 3.05) is 40.5 Å². The molecule has 0 spiro atoms. The molecular weight excluding hydrogens is 384 g/mol. The van der Waals surface area contributed by atoms with Gasteiger partial charge in [-0.2, -0.15) is 0 Å². The zero-order chi connectivity index (χ0) is 21.5. The minimum Gasteiger partial charge on any atom is -0.497 e. The molecule has 0 aliphatic carbocycles. The molecule has 8 nitrogen and oxygen atoms in total. The third-order valence-corrected chi connectivity index (χ3v) is 5.60. The Hall–Kier alpha value is -2.87. The second kappa shape index (κ2) is 10.2. The number of imidazole rings is 1. The van der Waals surface area contributed by atoms with Crippen LogP contribution in [0.3, 0.4) is 0 Å². The van der Waals surface area contributed by atoms with Gasteiger partial charge in [0.2, 0.25) is 5.91 Å². The van der Waals surface area contributed by atoms with Crippen LogP contribution in [-0.2, 0) is 16.1 Å². The van der Waals surface area contributed by atoms with E-state index in [1.54, 1.807) is 25.4 Å². The summed E-state index contributed by atoms with van der Waals surface area (Å²) < 4.78 is 12.3. The van der Waals surface area contributed by atoms with Crippen LogP contribution in [0.5, 0.6) is 5.75 Å². The lowest BCUT2D eigenvalue weighted by atomic mass is 10.0. The Balaban J connectivity index is 1.62. The second-order valence-corrected chi connectivity index (χ2v) is 7.44. The predicted octanol–water partition coefficient (Wildman–Crippen LogP) is 1.98. The Morgan fingerprint density at radius 1 is 1.23 bits per heavy atom. The van der Waals surface area contributed by atoms with E-state index in [-0.39, 0.29) is 24.5 Å². The van der Waals surface area contributed by atoms with E-state index < -0.39 is 0 Å². The molecule has 3 rings (SSSR count). The highest BCUT2D eigenvalue weighted by Crippen LogP contribution is 2.21. The second-order valence-electron chi connectivity index (χ2n) is 7.44. The SMILES string of the molecule is COCC(=O)N(CCn1ccnc1C)C1CCN(C(=O)c2cccc(OC)c2)CC1. The van der Waals surface area contributed by atoms with Gasteiger partial charge in [0, 0.05) is 57.3 Å². The highest BCUT2D eigenvalue weighted by atomic mass is 16.5. The van der Waals surface area contributed by atoms with Gasteiger partial charge in [0.05, 0.1) is 7.11 Å². The van der Waals surface area contributed by atoms with E-state index in [0.29, 0.717) is 37.5 Å². The van der Waals surface area contributed by atoms with Crippen molar-refractivity contribution < 1.29 is 19.1 Å². The molecule has 0 saturated carbocycles. The zero-order valence-corrected chi connectivity index (χ0v) is 17.9. The topological polar surface area (TPSA) is 76.9 Å². The highest BCUT2D eigenvalue weighted by Gasteiger charge is 2.30. The Kier molecular flexibility index (Phi) is 7.46. The van der Waals surface area contributed by atoms with Crippen molar-refractivity contribution in [2.45, 2.75) is 32.4 Å². The molecule has 162 valence electrons. The molecule has 2 aromatic rings. The maximum Gasteiger partial charge on any atom is 0.253 e. The van der Waals surface area contributed by atoms with Gasteiger partial charge in [-0.3, -0.25) is 9.59 Å². The van der Waals surface area contributed by atoms with Crippen LogP contribution in [0.25, 0.3) is 0 Å². The molecule has 1 aliphatic heterocycles. The lowest BCUT2D eigenvalue weighted by Crippen LogP contribution is -2.50. The van der Waals surface area contributed by atoms with Crippen LogP contribution in [0, 0.1) is 6.92 Å². The van der Waals surface area contributed by atoms with Gasteiger partial charge in [0.1, 0.15) is 18.2 Å². The van der Waals surface area contributed by atoms with Crippen LogP contribution in [0.4, 0.5) is 0 Å². The molecule has 30 heavy (non-hydrogen) atoms. The third kappa shape index (κ3) is 5.18. The standard InChI is InChI=1S/C22H30N4O4/c1-17-23-9-12-24(17)13-14-26(21(27)16-29-2)19-7-10-25(11-8-19)22(28)18-5-4-6-20(15-18)30-3/h4-6,9,12,15,19H,7-8,10-11,13-14,16H2,1-3H3. The Morgan fingerprint density at radius 3 is 2.63 bits per heavy atom. The zero-order valence-electron chi connectivity index (χ0n) is 17.9. The highest BCUT2D eigenvalue weighted by molar-refractivity contribution is 5.94. The Morgan fingerprint density at radius 2 is 2.00 bits per heavy atom. The summed E-state index contributed by atoms with van der Waals surface area (Å²) >= 11 is 0. The van der Waals surface area contributed by atoms with Crippen LogP contribution in [0.2, 0.25) is 0 Å². The summed E-state index contributed by atoms with van der Waals surface area (Å²) in [5.41, 5.74) is 0.621. The molecule has 0 bridgehead atoms. The number of ether oxygens (including phenoxy) is 2. The number of carbonyl (C=O) groups excluding carboxylic acids is 2. The normalized spacial score (nSPS) is 14.6. The van der Waals surface area contributed by atoms with Gasteiger partial charge in [-0.15, -0.1) is 0 Å². The van der Waals surface area contributed by atoms with Crippen LogP contribution < -0.4 is 4.74 Å². The Labute approximate surface area is 177 Å². The first-order valence-corrected chi connectivity index (χ1v) is 10.2. The van der Waals surface area contributed by atoms with E-state index in [0.717, 1.165) is 18.7 Å². The van der Waals surface area contributed by atoms with Crippen LogP contribution in [-0.4, -0.2) is 77.7 Å². The van der Waals surface area contributed by atoms with Crippen molar-refractivity contribution in [3.63, 3.8) is 0 Å². The molecular formula is C22H30N4O4. The number of rotatable bonds is 8. The van der Waals surface area contributed by atoms with Gasteiger partial charge in [0.15, 0.2) is 0 Å². The first kappa shape index (κ1) is 21.8. The first-order valence-electron chi connectivity index (χ1n) is 10.2. The number of amides is 2. The van der Waals surface area contributed by atoms with Gasteiger partial charge in [0.25, 0.3) is 5.91 Å². The number of hydrogen-bond acceptors (Lipinski definition) is 5. The van der Waals surface area contributed by atoms with Gasteiger partial charge in [-0.1, -0.05) is 6.07 Å². The molecule has 0 unspecified atom stereocenters. The van der Waals surface area contributed by atoms with E-state index >= 15 is 0 Å². The van der Waals surface area contributed by atoms with Crippen molar-refractivity contribution in [1.82, 2.24) is 19.4 Å². The molecule has 1 saturated heterocycles. The summed E-state index contributed by atoms with van der Waals surface area (Å²) in [7, 11) is 3.12. The van der Waals surface area contributed by atoms with Crippen molar-refractivity contribution in [1.29, 1.82) is 0 Å². The number of methoxy groups -OCH3 is 2. The molecule has 1 fully saturated rings. The number of aryl methyl sites for hydroxylation is 1. The lowest BCUT2D eigenvalue weighted by molar-refractivity contribution is -0.138. The van der Waals surface area contributed by atoms with Gasteiger partial charge < -0.3 is 23.8 Å². The molecule has 2 amide bonds. The van der Waals surface area contributed by atoms with Crippen molar-refractivity contribution >= 4 is 11.8 Å². The largest absolute Gasteiger partial charge is 0.497 e. The molecule has 1 aromatic heterocycles. The lowest BCUT2D eigenvalue weighted by Gasteiger charge is -2.38. The number of hydrogen-bond donors (Lipinski definition) is 0. The average molecular weight is 415 g/mol. The molecule has 2 heterocycles. The van der Waals surface area contributed by atoms with Crippen molar-refractivity contribution in [3.05, 3.63) is 48.0 Å². The van der Waals surface area contributed by atoms with Gasteiger partial charge in [-0.05, 0) is 38.0 Å². The predicted molar refractivity (Wildman–Crippen MR) is 112 cm³/mol. The third-order valence-electron chi connectivity index (χ3n) is 5.60. The summed E-state index contributed by atoms with van der Waals surface area (Å²) in [6.45, 7) is 4.51. The molecule has 0 radical (unpaired) electrons. The quantitative estimate of drug-likeness (QED) is 0.660. The number of piperidine rings is 1. The number of likely N-dealkylation sites (tertiary alicyclic amines) is 1. The molecule has 0 N–H and O–H groups in total. The minimum absolute atomic E-state index is 0.00356. The molecule has 0 atom stereocenters. The Bertz CT molecular complexity index is 858. The minimum atomic E-state index is -0.0205. The fourth-order valence-electron chi connectivity index (χ4n) is 3.89. The molecule has 8 heteroatoms. The van der Waals surface area contributed by atoms with Crippen LogP contribution >= 0.6 is 0 Å². The monoisotopic (exact) mass is 414 g/mol. The van der Waals surface area contributed by atoms with Gasteiger partial charge >= 0.3 is 0 Å². The summed E-state index contributed by atoms with van der Waals surface area (Å²) in [5, 5.41) is 0. The number of nitrogens with zero attached hydrogens (tertiary/aromatic N) is 4.